The Morgan fingerprint density at radius 2 is 2.16 bits per heavy atom. The molecule has 0 atom stereocenters. The highest BCUT2D eigenvalue weighted by Crippen LogP contribution is 2.08. The number of rotatable bonds is 6. The van der Waals surface area contributed by atoms with Gasteiger partial charge in [-0.05, 0) is 6.07 Å². The second kappa shape index (κ2) is 6.01. The third-order valence-corrected chi connectivity index (χ3v) is 2.49. The van der Waals surface area contributed by atoms with Gasteiger partial charge in [0.1, 0.15) is 12.4 Å². The fraction of sp³-hybridized carbons (Fsp3) is 0.364. The van der Waals surface area contributed by atoms with E-state index < -0.39 is 5.97 Å². The molecule has 2 heterocycles. The molecule has 2 aromatic rings. The Hall–Kier alpha value is -2.35. The van der Waals surface area contributed by atoms with E-state index in [1.54, 1.807) is 25.6 Å². The van der Waals surface area contributed by atoms with Gasteiger partial charge in [0.15, 0.2) is 5.69 Å². The summed E-state index contributed by atoms with van der Waals surface area (Å²) < 4.78 is 6.45. The van der Waals surface area contributed by atoms with Crippen LogP contribution in [0.1, 0.15) is 22.0 Å². The van der Waals surface area contributed by atoms with Crippen molar-refractivity contribution in [2.75, 3.05) is 13.7 Å². The fourth-order valence-corrected chi connectivity index (χ4v) is 1.62. The van der Waals surface area contributed by atoms with Crippen LogP contribution in [0.2, 0.25) is 0 Å². The third kappa shape index (κ3) is 3.10. The molecule has 0 radical (unpaired) electrons. The summed E-state index contributed by atoms with van der Waals surface area (Å²) in [5, 5.41) is 16.6. The van der Waals surface area contributed by atoms with Gasteiger partial charge in [-0.1, -0.05) is 5.21 Å². The summed E-state index contributed by atoms with van der Waals surface area (Å²) in [5.74, 6) is -0.561. The molecule has 0 unspecified atom stereocenters. The molecular formula is C11H13N5O3. The van der Waals surface area contributed by atoms with E-state index in [1.165, 1.54) is 4.68 Å². The number of hydrogen-bond acceptors (Lipinski definition) is 6. The van der Waals surface area contributed by atoms with Gasteiger partial charge >= 0.3 is 5.97 Å². The van der Waals surface area contributed by atoms with Crippen molar-refractivity contribution >= 4 is 5.97 Å². The Morgan fingerprint density at radius 1 is 1.42 bits per heavy atom. The number of carboxylic acids is 1. The number of carbonyl (C=O) groups is 1. The summed E-state index contributed by atoms with van der Waals surface area (Å²) >= 11 is 0. The maximum Gasteiger partial charge on any atom is 0.358 e. The van der Waals surface area contributed by atoms with Gasteiger partial charge < -0.3 is 9.84 Å². The lowest BCUT2D eigenvalue weighted by Crippen LogP contribution is -2.13. The SMILES string of the molecule is COCCc1c(C(=O)O)nnn1Cc1ncccn1. The average Bonchev–Trinajstić information content (AvgIpc) is 2.80. The molecule has 0 aromatic carbocycles. The molecular weight excluding hydrogens is 250 g/mol. The summed E-state index contributed by atoms with van der Waals surface area (Å²) in [7, 11) is 1.55. The van der Waals surface area contributed by atoms with Crippen molar-refractivity contribution < 1.29 is 14.6 Å². The number of hydrogen-bond donors (Lipinski definition) is 1. The smallest absolute Gasteiger partial charge is 0.358 e. The summed E-state index contributed by atoms with van der Waals surface area (Å²) in [4.78, 5) is 19.2. The van der Waals surface area contributed by atoms with Gasteiger partial charge in [0, 0.05) is 25.9 Å². The zero-order chi connectivity index (χ0) is 13.7. The van der Waals surface area contributed by atoms with E-state index in [-0.39, 0.29) is 12.2 Å². The van der Waals surface area contributed by atoms with E-state index in [1.807, 2.05) is 0 Å². The number of aromatic nitrogens is 5. The van der Waals surface area contributed by atoms with E-state index in [4.69, 9.17) is 9.84 Å². The van der Waals surface area contributed by atoms with Crippen molar-refractivity contribution in [2.45, 2.75) is 13.0 Å². The van der Waals surface area contributed by atoms with Crippen LogP contribution >= 0.6 is 0 Å². The highest BCUT2D eigenvalue weighted by Gasteiger charge is 2.19. The molecule has 1 N–H and O–H groups in total. The van der Waals surface area contributed by atoms with Crippen molar-refractivity contribution in [1.82, 2.24) is 25.0 Å². The van der Waals surface area contributed by atoms with E-state index >= 15 is 0 Å². The Labute approximate surface area is 109 Å². The number of carboxylic acid groups (broad SMARTS) is 1. The first kappa shape index (κ1) is 13.1. The van der Waals surface area contributed by atoms with Crippen LogP contribution in [-0.4, -0.2) is 49.8 Å². The molecule has 0 saturated carbocycles. The molecule has 0 spiro atoms. The Balaban J connectivity index is 2.26. The summed E-state index contributed by atoms with van der Waals surface area (Å²) in [5.41, 5.74) is 0.440. The minimum atomic E-state index is -1.11. The van der Waals surface area contributed by atoms with E-state index in [9.17, 15) is 4.79 Å². The third-order valence-electron chi connectivity index (χ3n) is 2.49. The minimum absolute atomic E-state index is 0.0621. The van der Waals surface area contributed by atoms with Gasteiger partial charge in [-0.2, -0.15) is 0 Å². The van der Waals surface area contributed by atoms with Gasteiger partial charge in [0.25, 0.3) is 0 Å². The average molecular weight is 263 g/mol. The normalized spacial score (nSPS) is 10.6. The molecule has 0 aliphatic carbocycles. The van der Waals surface area contributed by atoms with Crippen molar-refractivity contribution in [3.63, 3.8) is 0 Å². The van der Waals surface area contributed by atoms with Crippen LogP contribution in [0.3, 0.4) is 0 Å². The quantitative estimate of drug-likeness (QED) is 0.782. The Bertz CT molecular complexity index is 555. The molecule has 0 aliphatic heterocycles. The van der Waals surface area contributed by atoms with E-state index in [2.05, 4.69) is 20.3 Å². The van der Waals surface area contributed by atoms with Crippen LogP contribution in [0.4, 0.5) is 0 Å². The maximum atomic E-state index is 11.1. The molecule has 2 aromatic heterocycles. The van der Waals surface area contributed by atoms with Crippen molar-refractivity contribution in [3.8, 4) is 0 Å². The van der Waals surface area contributed by atoms with Crippen LogP contribution < -0.4 is 0 Å². The second-order valence-corrected chi connectivity index (χ2v) is 3.76. The predicted octanol–water partition coefficient (Wildman–Crippen LogP) is 0.00350. The number of aromatic carboxylic acids is 1. The molecule has 19 heavy (non-hydrogen) atoms. The summed E-state index contributed by atoms with van der Waals surface area (Å²) in [6.07, 6.45) is 3.65. The molecule has 0 fully saturated rings. The molecule has 8 nitrogen and oxygen atoms in total. The zero-order valence-electron chi connectivity index (χ0n) is 10.4. The number of ether oxygens (including phenoxy) is 1. The van der Waals surface area contributed by atoms with Crippen LogP contribution in [0, 0.1) is 0 Å². The van der Waals surface area contributed by atoms with Crippen LogP contribution in [0.25, 0.3) is 0 Å². The first-order valence-corrected chi connectivity index (χ1v) is 5.63. The Morgan fingerprint density at radius 3 is 2.79 bits per heavy atom. The van der Waals surface area contributed by atoms with Gasteiger partial charge in [-0.25, -0.2) is 19.4 Å². The first-order chi connectivity index (χ1) is 9.22. The Kier molecular flexibility index (Phi) is 4.14. The number of methoxy groups -OCH3 is 1. The molecule has 100 valence electrons. The van der Waals surface area contributed by atoms with Gasteiger partial charge in [0.05, 0.1) is 12.3 Å². The fourth-order valence-electron chi connectivity index (χ4n) is 1.62. The molecule has 0 saturated heterocycles. The summed E-state index contributed by atoms with van der Waals surface area (Å²) in [6, 6.07) is 1.71. The van der Waals surface area contributed by atoms with Crippen LogP contribution in [-0.2, 0) is 17.7 Å². The van der Waals surface area contributed by atoms with Crippen molar-refractivity contribution in [1.29, 1.82) is 0 Å². The van der Waals surface area contributed by atoms with Crippen molar-refractivity contribution in [3.05, 3.63) is 35.7 Å². The highest BCUT2D eigenvalue weighted by atomic mass is 16.5. The van der Waals surface area contributed by atoms with Crippen LogP contribution in [0.15, 0.2) is 18.5 Å². The van der Waals surface area contributed by atoms with Gasteiger partial charge in [-0.3, -0.25) is 0 Å². The molecule has 0 bridgehead atoms. The lowest BCUT2D eigenvalue weighted by Gasteiger charge is -2.05. The predicted molar refractivity (Wildman–Crippen MR) is 63.7 cm³/mol. The first-order valence-electron chi connectivity index (χ1n) is 5.63. The lowest BCUT2D eigenvalue weighted by molar-refractivity contribution is 0.0688. The van der Waals surface area contributed by atoms with Crippen LogP contribution in [0.5, 0.6) is 0 Å². The lowest BCUT2D eigenvalue weighted by atomic mass is 10.2. The number of nitrogens with zero attached hydrogens (tertiary/aromatic N) is 5. The molecule has 0 amide bonds. The van der Waals surface area contributed by atoms with E-state index in [0.29, 0.717) is 24.5 Å². The standard InChI is InChI=1S/C11H13N5O3/c1-19-6-3-8-10(11(17)18)14-15-16(8)7-9-12-4-2-5-13-9/h2,4-5H,3,6-7H2,1H3,(H,17,18). The zero-order valence-corrected chi connectivity index (χ0v) is 10.4. The molecule has 2 rings (SSSR count). The topological polar surface area (TPSA) is 103 Å². The van der Waals surface area contributed by atoms with Gasteiger partial charge in [-0.15, -0.1) is 5.10 Å². The molecule has 0 aliphatic rings. The monoisotopic (exact) mass is 263 g/mol. The van der Waals surface area contributed by atoms with E-state index in [0.717, 1.165) is 0 Å². The van der Waals surface area contributed by atoms with Crippen molar-refractivity contribution in [2.24, 2.45) is 0 Å². The minimum Gasteiger partial charge on any atom is -0.476 e. The molecule has 8 heteroatoms. The maximum absolute atomic E-state index is 11.1. The second-order valence-electron chi connectivity index (χ2n) is 3.76. The largest absolute Gasteiger partial charge is 0.476 e. The van der Waals surface area contributed by atoms with Gasteiger partial charge in [0.2, 0.25) is 0 Å². The summed E-state index contributed by atoms with van der Waals surface area (Å²) in [6.45, 7) is 0.670. The highest BCUT2D eigenvalue weighted by molar-refractivity contribution is 5.86.